The molecule has 2 rings (SSSR count). The minimum absolute atomic E-state index is 0.0865. The molecule has 1 amide bonds. The van der Waals surface area contributed by atoms with Gasteiger partial charge in [-0.05, 0) is 42.5 Å². The van der Waals surface area contributed by atoms with Gasteiger partial charge in [-0.2, -0.15) is 0 Å². The van der Waals surface area contributed by atoms with Gasteiger partial charge in [0.25, 0.3) is 10.0 Å². The van der Waals surface area contributed by atoms with Crippen molar-refractivity contribution in [3.63, 3.8) is 0 Å². The number of nitrogens with zero attached hydrogens (tertiary/aromatic N) is 1. The monoisotopic (exact) mass is 430 g/mol. The van der Waals surface area contributed by atoms with Crippen molar-refractivity contribution >= 4 is 56.5 Å². The summed E-state index contributed by atoms with van der Waals surface area (Å²) in [4.78, 5) is 22.8. The molecule has 0 heterocycles. The molecule has 144 valence electrons. The van der Waals surface area contributed by atoms with E-state index < -0.39 is 22.5 Å². The van der Waals surface area contributed by atoms with Crippen LogP contribution in [0, 0.1) is 0 Å². The van der Waals surface area contributed by atoms with Gasteiger partial charge in [-0.3, -0.25) is 13.9 Å². The number of methoxy groups -OCH3 is 1. The summed E-state index contributed by atoms with van der Waals surface area (Å²) in [5.74, 6) is -1.05. The Hall–Kier alpha value is -2.29. The number of carbonyl (C=O) groups excluding carboxylic acids is 2. The summed E-state index contributed by atoms with van der Waals surface area (Å²) >= 11 is 11.9. The number of sulfonamides is 1. The van der Waals surface area contributed by atoms with Crippen LogP contribution in [0.4, 0.5) is 11.4 Å². The molecule has 0 aliphatic rings. The van der Waals surface area contributed by atoms with Gasteiger partial charge < -0.3 is 10.1 Å². The average Bonchev–Trinajstić information content (AvgIpc) is 2.58. The highest BCUT2D eigenvalue weighted by Gasteiger charge is 2.28. The smallest absolute Gasteiger partial charge is 0.326 e. The van der Waals surface area contributed by atoms with Crippen LogP contribution in [0.5, 0.6) is 0 Å². The van der Waals surface area contributed by atoms with E-state index in [-0.39, 0.29) is 26.5 Å². The molecule has 0 fully saturated rings. The highest BCUT2D eigenvalue weighted by Crippen LogP contribution is 2.30. The van der Waals surface area contributed by atoms with Crippen molar-refractivity contribution in [2.45, 2.75) is 11.8 Å². The number of ether oxygens (including phenoxy) is 1. The maximum Gasteiger partial charge on any atom is 0.326 e. The predicted molar refractivity (Wildman–Crippen MR) is 104 cm³/mol. The number of carbonyl (C=O) groups is 2. The number of rotatable bonds is 6. The van der Waals surface area contributed by atoms with E-state index in [1.807, 2.05) is 0 Å². The predicted octanol–water partition coefficient (Wildman–Crippen LogP) is 3.32. The van der Waals surface area contributed by atoms with Crippen LogP contribution in [0.1, 0.15) is 6.92 Å². The number of hydrogen-bond donors (Lipinski definition) is 1. The van der Waals surface area contributed by atoms with Crippen molar-refractivity contribution in [3.05, 3.63) is 52.5 Å². The second kappa shape index (κ2) is 8.60. The molecule has 0 aliphatic heterocycles. The molecule has 2 aromatic carbocycles. The number of halogens is 2. The number of esters is 1. The normalized spacial score (nSPS) is 11.0. The summed E-state index contributed by atoms with van der Waals surface area (Å²) in [6, 6.07) is 9.70. The van der Waals surface area contributed by atoms with Crippen molar-refractivity contribution in [3.8, 4) is 0 Å². The molecule has 0 radical (unpaired) electrons. The minimum atomic E-state index is -4.14. The summed E-state index contributed by atoms with van der Waals surface area (Å²) in [5.41, 5.74) is 0.551. The number of benzene rings is 2. The number of anilines is 2. The van der Waals surface area contributed by atoms with E-state index in [1.54, 1.807) is 0 Å². The van der Waals surface area contributed by atoms with Crippen LogP contribution in [-0.4, -0.2) is 33.9 Å². The zero-order chi connectivity index (χ0) is 20.2. The Morgan fingerprint density at radius 1 is 1.07 bits per heavy atom. The molecule has 7 nitrogen and oxygen atoms in total. The highest BCUT2D eigenvalue weighted by molar-refractivity contribution is 7.92. The molecule has 0 unspecified atom stereocenters. The SMILES string of the molecule is COC(=O)CN(c1cc(Cl)cc(Cl)c1)S(=O)(=O)c1ccc(NC(C)=O)cc1. The van der Waals surface area contributed by atoms with E-state index >= 15 is 0 Å². The third-order valence-corrected chi connectivity index (χ3v) is 5.62. The Morgan fingerprint density at radius 3 is 2.11 bits per heavy atom. The Kier molecular flexibility index (Phi) is 6.69. The van der Waals surface area contributed by atoms with Gasteiger partial charge in [-0.15, -0.1) is 0 Å². The first kappa shape index (κ1) is 21.0. The lowest BCUT2D eigenvalue weighted by Crippen LogP contribution is -2.36. The van der Waals surface area contributed by atoms with Crippen molar-refractivity contribution in [2.24, 2.45) is 0 Å². The largest absolute Gasteiger partial charge is 0.468 e. The van der Waals surface area contributed by atoms with E-state index in [0.717, 1.165) is 11.4 Å². The molecule has 2 aromatic rings. The van der Waals surface area contributed by atoms with Gasteiger partial charge in [0.15, 0.2) is 0 Å². The highest BCUT2D eigenvalue weighted by atomic mass is 35.5. The lowest BCUT2D eigenvalue weighted by molar-refractivity contribution is -0.138. The Balaban J connectivity index is 2.49. The van der Waals surface area contributed by atoms with Gasteiger partial charge in [-0.1, -0.05) is 23.2 Å². The molecular formula is C17H16Cl2N2O5S. The second-order valence-corrected chi connectivity index (χ2v) is 8.16. The number of nitrogens with one attached hydrogen (secondary N) is 1. The van der Waals surface area contributed by atoms with Crippen molar-refractivity contribution in [1.29, 1.82) is 0 Å². The third-order valence-electron chi connectivity index (χ3n) is 3.40. The summed E-state index contributed by atoms with van der Waals surface area (Å²) in [7, 11) is -2.98. The Morgan fingerprint density at radius 2 is 1.63 bits per heavy atom. The molecular weight excluding hydrogens is 415 g/mol. The van der Waals surface area contributed by atoms with E-state index in [9.17, 15) is 18.0 Å². The van der Waals surface area contributed by atoms with Gasteiger partial charge >= 0.3 is 5.97 Å². The van der Waals surface area contributed by atoms with Crippen LogP contribution in [0.15, 0.2) is 47.4 Å². The maximum absolute atomic E-state index is 13.1. The van der Waals surface area contributed by atoms with E-state index in [1.165, 1.54) is 49.4 Å². The zero-order valence-corrected chi connectivity index (χ0v) is 16.7. The van der Waals surface area contributed by atoms with Crippen molar-refractivity contribution in [2.75, 3.05) is 23.3 Å². The molecule has 0 aliphatic carbocycles. The standard InChI is InChI=1S/C17H16Cl2N2O5S/c1-11(22)20-14-3-5-16(6-4-14)27(24,25)21(10-17(23)26-2)15-8-12(18)7-13(19)9-15/h3-9H,10H2,1-2H3,(H,20,22). The van der Waals surface area contributed by atoms with Gasteiger partial charge in [0, 0.05) is 22.7 Å². The third kappa shape index (κ3) is 5.35. The lowest BCUT2D eigenvalue weighted by atomic mass is 10.3. The van der Waals surface area contributed by atoms with Crippen molar-refractivity contribution < 1.29 is 22.7 Å². The minimum Gasteiger partial charge on any atom is -0.468 e. The number of hydrogen-bond acceptors (Lipinski definition) is 5. The van der Waals surface area contributed by atoms with Gasteiger partial charge in [0.1, 0.15) is 6.54 Å². The molecule has 0 saturated carbocycles. The van der Waals surface area contributed by atoms with E-state index in [4.69, 9.17) is 23.2 Å². The van der Waals surface area contributed by atoms with E-state index in [0.29, 0.717) is 5.69 Å². The molecule has 0 saturated heterocycles. The average molecular weight is 431 g/mol. The van der Waals surface area contributed by atoms with Crippen LogP contribution in [0.25, 0.3) is 0 Å². The first-order valence-corrected chi connectivity index (χ1v) is 9.76. The summed E-state index contributed by atoms with van der Waals surface area (Å²) < 4.78 is 31.6. The molecule has 0 bridgehead atoms. The van der Waals surface area contributed by atoms with Crippen LogP contribution < -0.4 is 9.62 Å². The van der Waals surface area contributed by atoms with E-state index in [2.05, 4.69) is 10.1 Å². The lowest BCUT2D eigenvalue weighted by Gasteiger charge is -2.24. The fraction of sp³-hybridized carbons (Fsp3) is 0.176. The fourth-order valence-corrected chi connectivity index (χ4v) is 4.13. The first-order valence-electron chi connectivity index (χ1n) is 7.57. The maximum atomic E-state index is 13.1. The van der Waals surface area contributed by atoms with Crippen LogP contribution >= 0.6 is 23.2 Å². The van der Waals surface area contributed by atoms with Gasteiger partial charge in [0.2, 0.25) is 5.91 Å². The topological polar surface area (TPSA) is 92.8 Å². The molecule has 0 atom stereocenters. The number of amides is 1. The van der Waals surface area contributed by atoms with Crippen molar-refractivity contribution in [1.82, 2.24) is 0 Å². The summed E-state index contributed by atoms with van der Waals surface area (Å²) in [5, 5.41) is 2.97. The molecule has 10 heteroatoms. The molecule has 27 heavy (non-hydrogen) atoms. The van der Waals surface area contributed by atoms with Crippen LogP contribution in [0.3, 0.4) is 0 Å². The molecule has 0 aromatic heterocycles. The van der Waals surface area contributed by atoms with Crippen LogP contribution in [0.2, 0.25) is 10.0 Å². The van der Waals surface area contributed by atoms with Gasteiger partial charge in [-0.25, -0.2) is 8.42 Å². The zero-order valence-electron chi connectivity index (χ0n) is 14.4. The Bertz CT molecular complexity index is 942. The second-order valence-electron chi connectivity index (χ2n) is 5.42. The summed E-state index contributed by atoms with van der Waals surface area (Å²) in [6.07, 6.45) is 0. The quantitative estimate of drug-likeness (QED) is 0.709. The summed E-state index contributed by atoms with van der Waals surface area (Å²) in [6.45, 7) is 0.772. The first-order chi connectivity index (χ1) is 12.6. The fourth-order valence-electron chi connectivity index (χ4n) is 2.22. The Labute approximate surface area is 166 Å². The molecule has 0 spiro atoms. The van der Waals surface area contributed by atoms with Crippen LogP contribution in [-0.2, 0) is 24.3 Å². The molecule has 1 N–H and O–H groups in total. The van der Waals surface area contributed by atoms with Gasteiger partial charge in [0.05, 0.1) is 17.7 Å².